The van der Waals surface area contributed by atoms with Crippen LogP contribution in [-0.2, 0) is 4.79 Å². The number of nitrogens with one attached hydrogen (secondary N) is 1. The van der Waals surface area contributed by atoms with Crippen LogP contribution in [0.2, 0.25) is 0 Å². The first-order valence-corrected chi connectivity index (χ1v) is 8.26. The average molecular weight is 304 g/mol. The van der Waals surface area contributed by atoms with E-state index < -0.39 is 0 Å². The Labute approximate surface area is 133 Å². The molecule has 0 unspecified atom stereocenters. The topological polar surface area (TPSA) is 41.6 Å². The lowest BCUT2D eigenvalue weighted by Crippen LogP contribution is -2.42. The van der Waals surface area contributed by atoms with E-state index in [1.54, 1.807) is 7.11 Å². The van der Waals surface area contributed by atoms with Crippen LogP contribution in [0.4, 0.5) is 0 Å². The van der Waals surface area contributed by atoms with E-state index >= 15 is 0 Å². The van der Waals surface area contributed by atoms with Gasteiger partial charge in [0, 0.05) is 0 Å². The Bertz CT molecular complexity index is 464. The van der Waals surface area contributed by atoms with Gasteiger partial charge in [-0.2, -0.15) is 0 Å². The second kappa shape index (κ2) is 8.18. The summed E-state index contributed by atoms with van der Waals surface area (Å²) in [5.41, 5.74) is 1.13. The van der Waals surface area contributed by atoms with Crippen LogP contribution in [0.25, 0.3) is 0 Å². The Kier molecular flexibility index (Phi) is 6.25. The number of ether oxygens (including phenoxy) is 1. The molecule has 2 rings (SSSR count). The maximum atomic E-state index is 12.3. The summed E-state index contributed by atoms with van der Waals surface area (Å²) in [5, 5.41) is 3.20. The molecule has 1 atom stereocenters. The summed E-state index contributed by atoms with van der Waals surface area (Å²) >= 11 is 0. The van der Waals surface area contributed by atoms with E-state index in [0.29, 0.717) is 12.5 Å². The lowest BCUT2D eigenvalue weighted by Gasteiger charge is -2.28. The quantitative estimate of drug-likeness (QED) is 0.878. The maximum absolute atomic E-state index is 12.3. The Morgan fingerprint density at radius 1 is 1.18 bits per heavy atom. The molecule has 0 radical (unpaired) electrons. The molecule has 4 nitrogen and oxygen atoms in total. The summed E-state index contributed by atoms with van der Waals surface area (Å²) < 4.78 is 5.20. The second-order valence-corrected chi connectivity index (χ2v) is 6.40. The van der Waals surface area contributed by atoms with Crippen molar-refractivity contribution in [1.29, 1.82) is 0 Å². The molecule has 1 heterocycles. The molecule has 0 aliphatic carbocycles. The maximum Gasteiger partial charge on any atom is 0.234 e. The zero-order valence-electron chi connectivity index (χ0n) is 14.0. The Hall–Kier alpha value is -1.55. The highest BCUT2D eigenvalue weighted by Gasteiger charge is 2.20. The normalized spacial score (nSPS) is 17.3. The number of carbonyl (C=O) groups excluding carboxylic acids is 1. The summed E-state index contributed by atoms with van der Waals surface area (Å²) in [4.78, 5) is 14.6. The molecule has 0 aromatic heterocycles. The molecular weight excluding hydrogens is 276 g/mol. The molecule has 0 saturated carbocycles. The number of likely N-dealkylation sites (tertiary alicyclic amines) is 1. The van der Waals surface area contributed by atoms with Gasteiger partial charge in [0.1, 0.15) is 5.75 Å². The number of carbonyl (C=O) groups is 1. The van der Waals surface area contributed by atoms with Gasteiger partial charge in [-0.05, 0) is 49.5 Å². The second-order valence-electron chi connectivity index (χ2n) is 6.40. The average Bonchev–Trinajstić information content (AvgIpc) is 2.53. The van der Waals surface area contributed by atoms with Gasteiger partial charge < -0.3 is 10.1 Å². The Morgan fingerprint density at radius 3 is 2.36 bits per heavy atom. The van der Waals surface area contributed by atoms with E-state index in [1.807, 2.05) is 24.3 Å². The molecule has 22 heavy (non-hydrogen) atoms. The first-order valence-electron chi connectivity index (χ1n) is 8.26. The van der Waals surface area contributed by atoms with Gasteiger partial charge in [-0.15, -0.1) is 0 Å². The lowest BCUT2D eigenvalue weighted by molar-refractivity contribution is -0.123. The molecule has 4 heteroatoms. The zero-order chi connectivity index (χ0) is 15.9. The summed E-state index contributed by atoms with van der Waals surface area (Å²) in [6.07, 6.45) is 3.71. The van der Waals surface area contributed by atoms with Gasteiger partial charge >= 0.3 is 0 Å². The van der Waals surface area contributed by atoms with Gasteiger partial charge in [0.15, 0.2) is 0 Å². The summed E-state index contributed by atoms with van der Waals surface area (Å²) in [7, 11) is 1.66. The minimum absolute atomic E-state index is 0.0446. The van der Waals surface area contributed by atoms with E-state index in [0.717, 1.165) is 24.4 Å². The summed E-state index contributed by atoms with van der Waals surface area (Å²) in [6.45, 7) is 6.87. The molecule has 1 N–H and O–H groups in total. The van der Waals surface area contributed by atoms with Gasteiger partial charge in [-0.1, -0.05) is 32.4 Å². The standard InChI is InChI=1S/C18H28N2O2/c1-14(2)18(15-7-9-16(22-3)10-8-15)19-17(21)13-20-11-5-4-6-12-20/h7-10,14,18H,4-6,11-13H2,1-3H3,(H,19,21)/t18-/m0/s1. The highest BCUT2D eigenvalue weighted by molar-refractivity contribution is 5.78. The zero-order valence-corrected chi connectivity index (χ0v) is 14.0. The highest BCUT2D eigenvalue weighted by Crippen LogP contribution is 2.24. The van der Waals surface area contributed by atoms with E-state index in [1.165, 1.54) is 19.3 Å². The molecular formula is C18H28N2O2. The molecule has 1 aromatic carbocycles. The molecule has 1 aromatic rings. The van der Waals surface area contributed by atoms with Gasteiger partial charge in [0.25, 0.3) is 0 Å². The van der Waals surface area contributed by atoms with E-state index in [4.69, 9.17) is 4.74 Å². The van der Waals surface area contributed by atoms with Crippen molar-refractivity contribution in [1.82, 2.24) is 10.2 Å². The van der Waals surface area contributed by atoms with E-state index in [9.17, 15) is 4.79 Å². The summed E-state index contributed by atoms with van der Waals surface area (Å²) in [6, 6.07) is 8.00. The van der Waals surface area contributed by atoms with Crippen LogP contribution in [0.1, 0.15) is 44.7 Å². The fraction of sp³-hybridized carbons (Fsp3) is 0.611. The first-order chi connectivity index (χ1) is 10.6. The van der Waals surface area contributed by atoms with Crippen molar-refractivity contribution >= 4 is 5.91 Å². The highest BCUT2D eigenvalue weighted by atomic mass is 16.5. The molecule has 1 fully saturated rings. The van der Waals surface area contributed by atoms with Crippen LogP contribution in [0.15, 0.2) is 24.3 Å². The molecule has 1 aliphatic rings. The fourth-order valence-electron chi connectivity index (χ4n) is 2.99. The minimum Gasteiger partial charge on any atom is -0.497 e. The van der Waals surface area contributed by atoms with Crippen molar-refractivity contribution in [3.8, 4) is 5.75 Å². The van der Waals surface area contributed by atoms with E-state index in [2.05, 4.69) is 24.1 Å². The molecule has 1 amide bonds. The number of piperidine rings is 1. The Morgan fingerprint density at radius 2 is 1.82 bits per heavy atom. The van der Waals surface area contributed by atoms with Crippen molar-refractivity contribution in [2.24, 2.45) is 5.92 Å². The number of hydrogen-bond acceptors (Lipinski definition) is 3. The number of rotatable bonds is 6. The van der Waals surface area contributed by atoms with Crippen molar-refractivity contribution in [3.63, 3.8) is 0 Å². The minimum atomic E-state index is 0.0446. The number of benzene rings is 1. The fourth-order valence-corrected chi connectivity index (χ4v) is 2.99. The summed E-state index contributed by atoms with van der Waals surface area (Å²) in [5.74, 6) is 1.31. The van der Waals surface area contributed by atoms with Crippen molar-refractivity contribution in [3.05, 3.63) is 29.8 Å². The van der Waals surface area contributed by atoms with Crippen LogP contribution in [0.3, 0.4) is 0 Å². The molecule has 1 saturated heterocycles. The number of methoxy groups -OCH3 is 1. The van der Waals surface area contributed by atoms with Gasteiger partial charge in [0.05, 0.1) is 19.7 Å². The van der Waals surface area contributed by atoms with Gasteiger partial charge in [-0.3, -0.25) is 9.69 Å². The third-order valence-electron chi connectivity index (χ3n) is 4.27. The molecule has 0 spiro atoms. The first kappa shape index (κ1) is 16.8. The van der Waals surface area contributed by atoms with Crippen molar-refractivity contribution in [2.45, 2.75) is 39.2 Å². The number of nitrogens with zero attached hydrogens (tertiary/aromatic N) is 1. The molecule has 0 bridgehead atoms. The predicted octanol–water partition coefficient (Wildman–Crippen LogP) is 2.99. The van der Waals surface area contributed by atoms with Crippen LogP contribution >= 0.6 is 0 Å². The molecule has 1 aliphatic heterocycles. The van der Waals surface area contributed by atoms with Crippen LogP contribution in [0, 0.1) is 5.92 Å². The van der Waals surface area contributed by atoms with E-state index in [-0.39, 0.29) is 11.9 Å². The SMILES string of the molecule is COc1ccc([C@@H](NC(=O)CN2CCCCC2)C(C)C)cc1. The van der Waals surface area contributed by atoms with Crippen molar-refractivity contribution in [2.75, 3.05) is 26.7 Å². The third-order valence-corrected chi connectivity index (χ3v) is 4.27. The van der Waals surface area contributed by atoms with Gasteiger partial charge in [0.2, 0.25) is 5.91 Å². The van der Waals surface area contributed by atoms with Crippen molar-refractivity contribution < 1.29 is 9.53 Å². The van der Waals surface area contributed by atoms with Gasteiger partial charge in [-0.25, -0.2) is 0 Å². The van der Waals surface area contributed by atoms with Crippen LogP contribution < -0.4 is 10.1 Å². The number of amides is 1. The van der Waals surface area contributed by atoms with Crippen LogP contribution in [0.5, 0.6) is 5.75 Å². The Balaban J connectivity index is 1.96. The number of hydrogen-bond donors (Lipinski definition) is 1. The smallest absolute Gasteiger partial charge is 0.234 e. The largest absolute Gasteiger partial charge is 0.497 e. The predicted molar refractivity (Wildman–Crippen MR) is 89.0 cm³/mol. The third kappa shape index (κ3) is 4.73. The monoisotopic (exact) mass is 304 g/mol. The lowest BCUT2D eigenvalue weighted by atomic mass is 9.96. The van der Waals surface area contributed by atoms with Crippen LogP contribution in [-0.4, -0.2) is 37.6 Å². The molecule has 122 valence electrons.